The fourth-order valence-corrected chi connectivity index (χ4v) is 2.50. The van der Waals surface area contributed by atoms with E-state index in [1.54, 1.807) is 27.8 Å². The highest BCUT2D eigenvalue weighted by atomic mass is 16.5. The van der Waals surface area contributed by atoms with Crippen molar-refractivity contribution in [2.75, 3.05) is 6.61 Å². The number of nitrogens with zero attached hydrogens (tertiary/aromatic N) is 6. The van der Waals surface area contributed by atoms with Gasteiger partial charge in [-0.3, -0.25) is 4.57 Å². The van der Waals surface area contributed by atoms with Gasteiger partial charge in [-0.1, -0.05) is 5.21 Å². The Morgan fingerprint density at radius 3 is 3.05 bits per heavy atom. The molecule has 0 saturated carbocycles. The maximum Gasteiger partial charge on any atom is 0.190 e. The number of aliphatic hydroxyl groups is 2. The van der Waals surface area contributed by atoms with Crippen molar-refractivity contribution in [2.24, 2.45) is 0 Å². The van der Waals surface area contributed by atoms with Crippen molar-refractivity contribution in [3.63, 3.8) is 0 Å². The van der Waals surface area contributed by atoms with Crippen LogP contribution in [-0.2, 0) is 4.74 Å². The fraction of sp³-hybridized carbons (Fsp3) is 0.455. The molecule has 1 aliphatic rings. The predicted molar refractivity (Wildman–Crippen MR) is 65.7 cm³/mol. The van der Waals surface area contributed by atoms with Crippen molar-refractivity contribution in [1.82, 2.24) is 29.4 Å². The average molecular weight is 276 g/mol. The van der Waals surface area contributed by atoms with Crippen LogP contribution in [0.2, 0.25) is 0 Å². The molecule has 1 fully saturated rings. The smallest absolute Gasteiger partial charge is 0.190 e. The van der Waals surface area contributed by atoms with E-state index in [2.05, 4.69) is 20.3 Å². The van der Waals surface area contributed by atoms with Gasteiger partial charge in [-0.2, -0.15) is 0 Å². The molecule has 3 aromatic heterocycles. The van der Waals surface area contributed by atoms with E-state index in [1.807, 2.05) is 0 Å². The van der Waals surface area contributed by atoms with Gasteiger partial charge in [0.25, 0.3) is 0 Å². The lowest BCUT2D eigenvalue weighted by atomic mass is 10.2. The van der Waals surface area contributed by atoms with Crippen LogP contribution >= 0.6 is 0 Å². The van der Waals surface area contributed by atoms with Crippen LogP contribution in [0.5, 0.6) is 0 Å². The van der Waals surface area contributed by atoms with Crippen LogP contribution in [0.3, 0.4) is 0 Å². The molecular weight excluding hydrogens is 264 g/mol. The second kappa shape index (κ2) is 4.20. The van der Waals surface area contributed by atoms with Crippen molar-refractivity contribution in [3.05, 3.63) is 18.7 Å². The molecule has 4 heterocycles. The Morgan fingerprint density at radius 2 is 2.25 bits per heavy atom. The molecule has 0 bridgehead atoms. The van der Waals surface area contributed by atoms with Gasteiger partial charge in [-0.25, -0.2) is 14.5 Å². The fourth-order valence-electron chi connectivity index (χ4n) is 2.50. The lowest BCUT2D eigenvalue weighted by Gasteiger charge is -2.13. The molecule has 9 nitrogen and oxygen atoms in total. The van der Waals surface area contributed by atoms with E-state index in [-0.39, 0.29) is 6.61 Å². The second-order valence-corrected chi connectivity index (χ2v) is 4.72. The normalized spacial score (nSPS) is 26.8. The second-order valence-electron chi connectivity index (χ2n) is 4.72. The van der Waals surface area contributed by atoms with Crippen LogP contribution in [-0.4, -0.2) is 58.4 Å². The van der Waals surface area contributed by atoms with Gasteiger partial charge in [0.1, 0.15) is 12.3 Å². The molecule has 0 spiro atoms. The Hall–Kier alpha value is -2.10. The molecule has 9 heteroatoms. The topological polar surface area (TPSA) is 111 Å². The zero-order chi connectivity index (χ0) is 13.7. The van der Waals surface area contributed by atoms with Crippen molar-refractivity contribution >= 4 is 16.8 Å². The first-order valence-electron chi connectivity index (χ1n) is 6.25. The van der Waals surface area contributed by atoms with E-state index < -0.39 is 18.4 Å². The Labute approximate surface area is 112 Å². The summed E-state index contributed by atoms with van der Waals surface area (Å²) in [6.45, 7) is -0.222. The predicted octanol–water partition coefficient (Wildman–Crippen LogP) is -0.885. The third kappa shape index (κ3) is 1.54. The highest BCUT2D eigenvalue weighted by Gasteiger charge is 2.35. The van der Waals surface area contributed by atoms with E-state index in [0.29, 0.717) is 23.2 Å². The summed E-state index contributed by atoms with van der Waals surface area (Å²) in [6, 6.07) is 0. The third-order valence-corrected chi connectivity index (χ3v) is 3.53. The maximum atomic E-state index is 9.80. The van der Waals surface area contributed by atoms with Crippen molar-refractivity contribution in [3.8, 4) is 0 Å². The molecule has 2 N–H and O–H groups in total. The monoisotopic (exact) mass is 276 g/mol. The number of hydrogen-bond donors (Lipinski definition) is 2. The minimum Gasteiger partial charge on any atom is -0.394 e. The Kier molecular flexibility index (Phi) is 2.46. The van der Waals surface area contributed by atoms with Crippen LogP contribution in [0.1, 0.15) is 12.6 Å². The van der Waals surface area contributed by atoms with Crippen LogP contribution in [0.4, 0.5) is 0 Å². The Morgan fingerprint density at radius 1 is 1.35 bits per heavy atom. The average Bonchev–Trinajstić information content (AvgIpc) is 3.13. The van der Waals surface area contributed by atoms with Gasteiger partial charge in [0.15, 0.2) is 16.8 Å². The largest absolute Gasteiger partial charge is 0.394 e. The van der Waals surface area contributed by atoms with E-state index in [1.165, 1.54) is 0 Å². The van der Waals surface area contributed by atoms with Gasteiger partial charge in [0.05, 0.1) is 25.2 Å². The van der Waals surface area contributed by atoms with Gasteiger partial charge < -0.3 is 14.9 Å². The highest BCUT2D eigenvalue weighted by molar-refractivity contribution is 5.84. The zero-order valence-corrected chi connectivity index (χ0v) is 10.4. The van der Waals surface area contributed by atoms with Crippen LogP contribution in [0.15, 0.2) is 18.7 Å². The molecule has 0 aromatic carbocycles. The summed E-state index contributed by atoms with van der Waals surface area (Å²) in [5, 5.41) is 27.0. The Bertz CT molecular complexity index is 768. The van der Waals surface area contributed by atoms with Crippen molar-refractivity contribution in [2.45, 2.75) is 24.9 Å². The number of hydrogen-bond acceptors (Lipinski definition) is 7. The van der Waals surface area contributed by atoms with Gasteiger partial charge in [-0.05, 0) is 0 Å². The van der Waals surface area contributed by atoms with E-state index in [4.69, 9.17) is 9.84 Å². The molecule has 1 saturated heterocycles. The van der Waals surface area contributed by atoms with Crippen LogP contribution < -0.4 is 0 Å². The number of imidazole rings is 2. The van der Waals surface area contributed by atoms with E-state index in [9.17, 15) is 5.11 Å². The van der Waals surface area contributed by atoms with Crippen LogP contribution in [0, 0.1) is 0 Å². The molecule has 0 aliphatic carbocycles. The van der Waals surface area contributed by atoms with Gasteiger partial charge in [-0.15, -0.1) is 5.10 Å². The number of fused-ring (bicyclic) bond motifs is 3. The SMILES string of the molecule is OC[C@H]1O[C@@H](n2cnc3c2nnn2ccnc32)C[C@@H]1O. The Balaban J connectivity index is 1.81. The third-order valence-electron chi connectivity index (χ3n) is 3.53. The van der Waals surface area contributed by atoms with Crippen molar-refractivity contribution < 1.29 is 14.9 Å². The number of aromatic nitrogens is 6. The molecule has 1 aliphatic heterocycles. The molecule has 3 atom stereocenters. The summed E-state index contributed by atoms with van der Waals surface area (Å²) in [5.74, 6) is 0. The molecule has 0 unspecified atom stereocenters. The summed E-state index contributed by atoms with van der Waals surface area (Å²) in [7, 11) is 0. The first-order valence-corrected chi connectivity index (χ1v) is 6.25. The maximum absolute atomic E-state index is 9.80. The lowest BCUT2D eigenvalue weighted by molar-refractivity contribution is -0.0432. The zero-order valence-electron chi connectivity index (χ0n) is 10.4. The first kappa shape index (κ1) is 11.7. The summed E-state index contributed by atoms with van der Waals surface area (Å²) < 4.78 is 8.84. The number of ether oxygens (including phenoxy) is 1. The standard InChI is InChI=1S/C11H12N6O3/c18-4-7-6(19)3-8(20-7)16-5-13-9-10-12-1-2-17(10)15-14-11(9)16/h1-2,5-8,18-19H,3-4H2/t6-,7+,8+/m0/s1. The lowest BCUT2D eigenvalue weighted by Crippen LogP contribution is -2.24. The molecule has 20 heavy (non-hydrogen) atoms. The van der Waals surface area contributed by atoms with Crippen LogP contribution in [0.25, 0.3) is 16.8 Å². The molecular formula is C11H12N6O3. The quantitative estimate of drug-likeness (QED) is 0.625. The minimum absolute atomic E-state index is 0.222. The van der Waals surface area contributed by atoms with Gasteiger partial charge in [0.2, 0.25) is 0 Å². The van der Waals surface area contributed by atoms with E-state index >= 15 is 0 Å². The molecule has 3 aromatic rings. The summed E-state index contributed by atoms with van der Waals surface area (Å²) >= 11 is 0. The molecule has 4 rings (SSSR count). The molecule has 0 amide bonds. The summed E-state index contributed by atoms with van der Waals surface area (Å²) in [5.41, 5.74) is 1.78. The minimum atomic E-state index is -0.703. The number of aliphatic hydroxyl groups excluding tert-OH is 2. The van der Waals surface area contributed by atoms with Gasteiger partial charge in [0, 0.05) is 12.6 Å². The molecule has 0 radical (unpaired) electrons. The van der Waals surface area contributed by atoms with Crippen molar-refractivity contribution in [1.29, 1.82) is 0 Å². The highest BCUT2D eigenvalue weighted by Crippen LogP contribution is 2.30. The molecule has 104 valence electrons. The first-order chi connectivity index (χ1) is 9.78. The summed E-state index contributed by atoms with van der Waals surface area (Å²) in [6.07, 6.45) is 3.58. The van der Waals surface area contributed by atoms with Gasteiger partial charge >= 0.3 is 0 Å². The van der Waals surface area contributed by atoms with E-state index in [0.717, 1.165) is 0 Å². The summed E-state index contributed by atoms with van der Waals surface area (Å²) in [4.78, 5) is 8.48. The number of rotatable bonds is 2.